The normalized spacial score (nSPS) is 13.7. The predicted octanol–water partition coefficient (Wildman–Crippen LogP) is 1.03. The first-order valence-corrected chi connectivity index (χ1v) is 5.94. The number of alkyl halides is 1. The molecule has 0 saturated heterocycles. The summed E-state index contributed by atoms with van der Waals surface area (Å²) in [5, 5.41) is 4.47. The van der Waals surface area contributed by atoms with Gasteiger partial charge in [0, 0.05) is 11.4 Å². The van der Waals surface area contributed by atoms with Crippen molar-refractivity contribution in [1.82, 2.24) is 5.16 Å². The second-order valence-electron chi connectivity index (χ2n) is 3.92. The molecule has 4 nitrogen and oxygen atoms in total. The first-order chi connectivity index (χ1) is 8.78. The summed E-state index contributed by atoms with van der Waals surface area (Å²) in [5.41, 5.74) is 1.52. The van der Waals surface area contributed by atoms with E-state index in [-0.39, 0.29) is 5.88 Å². The van der Waals surface area contributed by atoms with Crippen LogP contribution in [0.15, 0.2) is 32.5 Å². The molecule has 90 valence electrons. The predicted molar refractivity (Wildman–Crippen MR) is 70.8 cm³/mol. The molecular formula is C13H9ClN2O2. The van der Waals surface area contributed by atoms with E-state index in [1.54, 1.807) is 12.3 Å². The molecule has 0 amide bonds. The second kappa shape index (κ2) is 4.31. The van der Waals surface area contributed by atoms with Crippen molar-refractivity contribution in [3.05, 3.63) is 50.3 Å². The molecule has 0 fully saturated rings. The summed E-state index contributed by atoms with van der Waals surface area (Å²) in [6, 6.07) is 5.80. The van der Waals surface area contributed by atoms with E-state index in [9.17, 15) is 4.79 Å². The van der Waals surface area contributed by atoms with Crippen LogP contribution in [-0.2, 0) is 5.88 Å². The minimum Gasteiger partial charge on any atom is -0.338 e. The molecule has 1 aliphatic heterocycles. The van der Waals surface area contributed by atoms with E-state index in [0.717, 1.165) is 16.1 Å². The van der Waals surface area contributed by atoms with Gasteiger partial charge < -0.3 is 4.52 Å². The topological polar surface area (TPSA) is 58.4 Å². The highest BCUT2D eigenvalue weighted by atomic mass is 35.5. The smallest absolute Gasteiger partial charge is 0.338 e. The van der Waals surface area contributed by atoms with Crippen molar-refractivity contribution >= 4 is 35.7 Å². The van der Waals surface area contributed by atoms with Crippen molar-refractivity contribution in [2.75, 3.05) is 0 Å². The lowest BCUT2D eigenvalue weighted by molar-refractivity contribution is 0.386. The molecule has 18 heavy (non-hydrogen) atoms. The van der Waals surface area contributed by atoms with E-state index < -0.39 is 5.63 Å². The fraction of sp³-hybridized carbons (Fsp3) is 0.0769. The van der Waals surface area contributed by atoms with Crippen LogP contribution < -0.4 is 16.1 Å². The Bertz CT molecular complexity index is 799. The fourth-order valence-electron chi connectivity index (χ4n) is 1.85. The van der Waals surface area contributed by atoms with Crippen LogP contribution in [0.2, 0.25) is 0 Å². The molecule has 0 spiro atoms. The number of nitrogens with one attached hydrogen (secondary N) is 1. The quantitative estimate of drug-likeness (QED) is 0.820. The summed E-state index contributed by atoms with van der Waals surface area (Å²) in [7, 11) is 0. The molecule has 0 atom stereocenters. The number of halogens is 1. The van der Waals surface area contributed by atoms with Gasteiger partial charge in [0.15, 0.2) is 0 Å². The number of nitrogens with zero attached hydrogens (tertiary/aromatic N) is 1. The maximum absolute atomic E-state index is 11.5. The molecule has 0 saturated carbocycles. The highest BCUT2D eigenvalue weighted by molar-refractivity contribution is 6.17. The van der Waals surface area contributed by atoms with Gasteiger partial charge in [-0.1, -0.05) is 12.1 Å². The summed E-state index contributed by atoms with van der Waals surface area (Å²) >= 11 is 5.73. The summed E-state index contributed by atoms with van der Waals surface area (Å²) in [6.07, 6.45) is 5.44. The van der Waals surface area contributed by atoms with E-state index in [1.807, 2.05) is 24.3 Å². The molecule has 2 aromatic rings. The van der Waals surface area contributed by atoms with Gasteiger partial charge in [-0.25, -0.2) is 9.95 Å². The number of aromatic nitrogens is 1. The molecular weight excluding hydrogens is 252 g/mol. The van der Waals surface area contributed by atoms with Gasteiger partial charge in [-0.05, 0) is 23.4 Å². The lowest BCUT2D eigenvalue weighted by Crippen LogP contribution is -2.09. The first-order valence-electron chi connectivity index (χ1n) is 5.40. The maximum Gasteiger partial charge on any atom is 0.364 e. The van der Waals surface area contributed by atoms with Crippen molar-refractivity contribution in [2.45, 2.75) is 5.88 Å². The highest BCUT2D eigenvalue weighted by Gasteiger charge is 2.08. The van der Waals surface area contributed by atoms with E-state index in [2.05, 4.69) is 10.1 Å². The van der Waals surface area contributed by atoms with Crippen molar-refractivity contribution in [3.8, 4) is 0 Å². The van der Waals surface area contributed by atoms with E-state index in [4.69, 9.17) is 16.1 Å². The van der Waals surface area contributed by atoms with Crippen molar-refractivity contribution in [2.24, 2.45) is 4.99 Å². The summed E-state index contributed by atoms with van der Waals surface area (Å²) in [4.78, 5) is 15.7. The van der Waals surface area contributed by atoms with Crippen LogP contribution in [0.4, 0.5) is 5.69 Å². The van der Waals surface area contributed by atoms with Crippen LogP contribution in [0.1, 0.15) is 11.3 Å². The molecule has 1 aromatic heterocycles. The van der Waals surface area contributed by atoms with Crippen LogP contribution in [0, 0.1) is 0 Å². The second-order valence-corrected chi connectivity index (χ2v) is 4.19. The number of hydrogen-bond acceptors (Lipinski definition) is 3. The average molecular weight is 261 g/mol. The Morgan fingerprint density at radius 3 is 3.17 bits per heavy atom. The molecule has 1 aromatic carbocycles. The van der Waals surface area contributed by atoms with E-state index in [0.29, 0.717) is 11.3 Å². The third-order valence-corrected chi connectivity index (χ3v) is 3.05. The zero-order valence-corrected chi connectivity index (χ0v) is 10.1. The minimum absolute atomic E-state index is 0.203. The van der Waals surface area contributed by atoms with Gasteiger partial charge in [-0.3, -0.25) is 4.99 Å². The summed E-state index contributed by atoms with van der Waals surface area (Å²) < 4.78 is 4.72. The Morgan fingerprint density at radius 1 is 1.44 bits per heavy atom. The molecule has 3 rings (SSSR count). The number of fused-ring (bicyclic) bond motifs is 1. The molecule has 0 radical (unpaired) electrons. The first kappa shape index (κ1) is 11.0. The third kappa shape index (κ3) is 1.80. The number of aromatic amines is 1. The number of H-pyrrole nitrogens is 1. The Morgan fingerprint density at radius 2 is 2.33 bits per heavy atom. The van der Waals surface area contributed by atoms with Gasteiger partial charge in [0.05, 0.1) is 22.8 Å². The Hall–Kier alpha value is -2.07. The molecule has 0 aliphatic carbocycles. The molecule has 0 bridgehead atoms. The van der Waals surface area contributed by atoms with E-state index >= 15 is 0 Å². The Labute approximate surface area is 107 Å². The number of benzene rings is 1. The highest BCUT2D eigenvalue weighted by Crippen LogP contribution is 2.07. The number of hydrogen-bond donors (Lipinski definition) is 1. The Balaban J connectivity index is 2.18. The molecule has 5 heteroatoms. The van der Waals surface area contributed by atoms with Gasteiger partial charge in [-0.2, -0.15) is 0 Å². The maximum atomic E-state index is 11.5. The van der Waals surface area contributed by atoms with Gasteiger partial charge in [0.25, 0.3) is 0 Å². The summed E-state index contributed by atoms with van der Waals surface area (Å²) in [6.45, 7) is 0. The number of aliphatic imine (C=N–C) groups is 1. The summed E-state index contributed by atoms with van der Waals surface area (Å²) in [5.74, 6) is 0.203. The van der Waals surface area contributed by atoms with Gasteiger partial charge in [0.2, 0.25) is 0 Å². The standard InChI is InChI=1S/C13H9ClN2O2/c14-7-12-10(13(17)18-16-12)5-8-1-2-9-3-4-15-11(9)6-8/h1-6,16H,7H2/b8-5+. The van der Waals surface area contributed by atoms with Crippen LogP contribution in [0.25, 0.3) is 12.2 Å². The van der Waals surface area contributed by atoms with Crippen molar-refractivity contribution < 1.29 is 4.52 Å². The number of rotatable bonds is 2. The minimum atomic E-state index is -0.416. The van der Waals surface area contributed by atoms with Gasteiger partial charge >= 0.3 is 5.63 Å². The SMILES string of the molecule is O=c1o[nH]c(CCl)c1/C=c1\ccc2c(c1)N=CC=2. The average Bonchev–Trinajstić information content (AvgIpc) is 2.97. The fourth-order valence-corrected chi connectivity index (χ4v) is 2.05. The lowest BCUT2D eigenvalue weighted by Gasteiger charge is -1.92. The van der Waals surface area contributed by atoms with Crippen LogP contribution in [0.5, 0.6) is 0 Å². The largest absolute Gasteiger partial charge is 0.364 e. The van der Waals surface area contributed by atoms with Crippen LogP contribution >= 0.6 is 11.6 Å². The van der Waals surface area contributed by atoms with Gasteiger partial charge in [-0.15, -0.1) is 11.6 Å². The molecule has 2 heterocycles. The van der Waals surface area contributed by atoms with Crippen LogP contribution in [0.3, 0.4) is 0 Å². The van der Waals surface area contributed by atoms with Crippen LogP contribution in [-0.4, -0.2) is 11.4 Å². The van der Waals surface area contributed by atoms with Crippen molar-refractivity contribution in [3.63, 3.8) is 0 Å². The lowest BCUT2D eigenvalue weighted by atomic mass is 10.1. The van der Waals surface area contributed by atoms with Crippen molar-refractivity contribution in [1.29, 1.82) is 0 Å². The van der Waals surface area contributed by atoms with E-state index in [1.165, 1.54) is 0 Å². The zero-order chi connectivity index (χ0) is 12.5. The Kier molecular flexibility index (Phi) is 2.64. The molecule has 1 N–H and O–H groups in total. The van der Waals surface area contributed by atoms with Gasteiger partial charge in [0.1, 0.15) is 0 Å². The monoisotopic (exact) mass is 260 g/mol. The zero-order valence-electron chi connectivity index (χ0n) is 9.31. The molecule has 1 aliphatic rings. The molecule has 0 unspecified atom stereocenters. The third-order valence-electron chi connectivity index (χ3n) is 2.78.